The van der Waals surface area contributed by atoms with Crippen LogP contribution in [0.3, 0.4) is 0 Å². The largest absolute Gasteiger partial charge is 0.481 e. The van der Waals surface area contributed by atoms with Gasteiger partial charge < -0.3 is 20.1 Å². The fourth-order valence-electron chi connectivity index (χ4n) is 5.70. The molecule has 0 saturated carbocycles. The first-order valence-corrected chi connectivity index (χ1v) is 11.1. The Morgan fingerprint density at radius 3 is 2.28 bits per heavy atom. The summed E-state index contributed by atoms with van der Waals surface area (Å²) in [5, 5.41) is 12.0. The monoisotopic (exact) mass is 434 g/mol. The lowest BCUT2D eigenvalue weighted by atomic mass is 9.89. The highest BCUT2D eigenvalue weighted by Crippen LogP contribution is 2.44. The number of hydrogen-bond acceptors (Lipinski definition) is 4. The summed E-state index contributed by atoms with van der Waals surface area (Å²) in [4.78, 5) is 38.6. The molecule has 2 bridgehead atoms. The average Bonchev–Trinajstić information content (AvgIpc) is 3.47. The maximum Gasteiger partial charge on any atom is 0.407 e. The van der Waals surface area contributed by atoms with Gasteiger partial charge in [0.15, 0.2) is 0 Å². The molecule has 0 aromatic heterocycles. The summed E-state index contributed by atoms with van der Waals surface area (Å²) in [5.74, 6) is -1.66. The molecule has 5 rings (SSSR count). The van der Waals surface area contributed by atoms with Crippen LogP contribution in [-0.4, -0.2) is 52.7 Å². The molecule has 2 heterocycles. The fourth-order valence-corrected chi connectivity index (χ4v) is 5.70. The van der Waals surface area contributed by atoms with Crippen LogP contribution in [0.4, 0.5) is 4.79 Å². The van der Waals surface area contributed by atoms with Crippen molar-refractivity contribution in [1.82, 2.24) is 10.2 Å². The zero-order chi connectivity index (χ0) is 22.4. The smallest absolute Gasteiger partial charge is 0.407 e. The normalized spacial score (nSPS) is 24.0. The van der Waals surface area contributed by atoms with Gasteiger partial charge in [-0.2, -0.15) is 0 Å². The van der Waals surface area contributed by atoms with Gasteiger partial charge >= 0.3 is 12.1 Å². The summed E-state index contributed by atoms with van der Waals surface area (Å²) >= 11 is 0. The Labute approximate surface area is 186 Å². The number of carboxylic acids is 1. The fraction of sp³-hybridized carbons (Fsp3) is 0.400. The van der Waals surface area contributed by atoms with E-state index in [-0.39, 0.29) is 30.5 Å². The second-order valence-corrected chi connectivity index (χ2v) is 8.92. The van der Waals surface area contributed by atoms with Crippen molar-refractivity contribution in [3.8, 4) is 11.1 Å². The van der Waals surface area contributed by atoms with Gasteiger partial charge in [-0.05, 0) is 48.4 Å². The summed E-state index contributed by atoms with van der Waals surface area (Å²) in [7, 11) is 0. The first-order valence-electron chi connectivity index (χ1n) is 11.1. The zero-order valence-corrected chi connectivity index (χ0v) is 17.9. The highest BCUT2D eigenvalue weighted by atomic mass is 16.5. The predicted octanol–water partition coefficient (Wildman–Crippen LogP) is 3.38. The number of amides is 2. The van der Waals surface area contributed by atoms with E-state index in [1.807, 2.05) is 24.3 Å². The van der Waals surface area contributed by atoms with Crippen LogP contribution >= 0.6 is 0 Å². The van der Waals surface area contributed by atoms with E-state index < -0.39 is 24.0 Å². The number of benzene rings is 2. The highest BCUT2D eigenvalue weighted by molar-refractivity contribution is 5.87. The molecule has 3 unspecified atom stereocenters. The van der Waals surface area contributed by atoms with Gasteiger partial charge in [-0.3, -0.25) is 9.59 Å². The number of carbonyl (C=O) groups excluding carboxylic acids is 2. The molecule has 4 atom stereocenters. The van der Waals surface area contributed by atoms with E-state index in [9.17, 15) is 19.5 Å². The molecular weight excluding hydrogens is 408 g/mol. The summed E-state index contributed by atoms with van der Waals surface area (Å²) in [5.41, 5.74) is 4.55. The van der Waals surface area contributed by atoms with Crippen molar-refractivity contribution in [2.45, 2.75) is 50.2 Å². The Kier molecular flexibility index (Phi) is 5.12. The van der Waals surface area contributed by atoms with Crippen LogP contribution in [-0.2, 0) is 14.3 Å². The van der Waals surface area contributed by atoms with Gasteiger partial charge in [0.25, 0.3) is 0 Å². The molecule has 2 aliphatic heterocycles. The van der Waals surface area contributed by atoms with E-state index in [1.54, 1.807) is 11.8 Å². The molecule has 0 spiro atoms. The number of alkyl carbamates (subject to hydrolysis) is 1. The molecule has 2 N–H and O–H groups in total. The molecule has 7 nitrogen and oxygen atoms in total. The summed E-state index contributed by atoms with van der Waals surface area (Å²) in [6.07, 6.45) is 1.36. The Morgan fingerprint density at radius 1 is 1.06 bits per heavy atom. The van der Waals surface area contributed by atoms with E-state index in [1.165, 1.54) is 0 Å². The lowest BCUT2D eigenvalue weighted by Gasteiger charge is -2.26. The standard InChI is InChI=1S/C25H26N2O5/c1-14(23(28)27-15-10-11-22(27)20(12-15)24(29)30)26-25(31)32-13-21-18-8-4-2-6-16(18)17-7-3-5-9-19(17)21/h2-9,14-15,20-22H,10-13H2,1H3,(H,26,31)(H,29,30)/t14-,15?,20?,22?/m0/s1. The van der Waals surface area contributed by atoms with Crippen LogP contribution in [0.15, 0.2) is 48.5 Å². The van der Waals surface area contributed by atoms with Gasteiger partial charge in [-0.1, -0.05) is 48.5 Å². The highest BCUT2D eigenvalue weighted by Gasteiger charge is 2.52. The van der Waals surface area contributed by atoms with E-state index in [0.717, 1.165) is 28.7 Å². The first kappa shape index (κ1) is 20.5. The summed E-state index contributed by atoms with van der Waals surface area (Å²) in [6.45, 7) is 1.80. The topological polar surface area (TPSA) is 95.9 Å². The lowest BCUT2D eigenvalue weighted by molar-refractivity contribution is -0.143. The third-order valence-corrected chi connectivity index (χ3v) is 7.16. The van der Waals surface area contributed by atoms with Crippen molar-refractivity contribution in [3.05, 3.63) is 59.7 Å². The number of carbonyl (C=O) groups is 3. The first-order chi connectivity index (χ1) is 15.5. The molecule has 0 radical (unpaired) electrons. The van der Waals surface area contributed by atoms with Crippen LogP contribution in [0.2, 0.25) is 0 Å². The van der Waals surface area contributed by atoms with Gasteiger partial charge in [-0.25, -0.2) is 4.79 Å². The van der Waals surface area contributed by atoms with Crippen molar-refractivity contribution in [2.24, 2.45) is 5.92 Å². The van der Waals surface area contributed by atoms with Gasteiger partial charge in [0.05, 0.1) is 5.92 Å². The van der Waals surface area contributed by atoms with Gasteiger partial charge in [-0.15, -0.1) is 0 Å². The number of fused-ring (bicyclic) bond motifs is 5. The molecule has 32 heavy (non-hydrogen) atoms. The number of nitrogens with one attached hydrogen (secondary N) is 1. The van der Waals surface area contributed by atoms with Crippen molar-refractivity contribution < 1.29 is 24.2 Å². The van der Waals surface area contributed by atoms with Crippen molar-refractivity contribution >= 4 is 18.0 Å². The molecule has 1 aliphatic carbocycles. The Morgan fingerprint density at radius 2 is 1.69 bits per heavy atom. The number of carboxylic acid groups (broad SMARTS) is 1. The molecule has 2 aromatic carbocycles. The van der Waals surface area contributed by atoms with E-state index in [4.69, 9.17) is 4.74 Å². The van der Waals surface area contributed by atoms with Crippen LogP contribution < -0.4 is 5.32 Å². The third kappa shape index (κ3) is 3.32. The number of rotatable bonds is 5. The number of ether oxygens (including phenoxy) is 1. The van der Waals surface area contributed by atoms with Crippen LogP contribution in [0.5, 0.6) is 0 Å². The molecule has 166 valence electrons. The van der Waals surface area contributed by atoms with Crippen molar-refractivity contribution in [1.29, 1.82) is 0 Å². The second-order valence-electron chi connectivity index (χ2n) is 8.92. The summed E-state index contributed by atoms with van der Waals surface area (Å²) < 4.78 is 5.54. The Balaban J connectivity index is 1.22. The maximum absolute atomic E-state index is 13.0. The van der Waals surface area contributed by atoms with Gasteiger partial charge in [0.2, 0.25) is 5.91 Å². The van der Waals surface area contributed by atoms with Crippen molar-refractivity contribution in [3.63, 3.8) is 0 Å². The molecular formula is C25H26N2O5. The van der Waals surface area contributed by atoms with Crippen molar-refractivity contribution in [2.75, 3.05) is 6.61 Å². The number of nitrogens with zero attached hydrogens (tertiary/aromatic N) is 1. The maximum atomic E-state index is 13.0. The minimum atomic E-state index is -0.854. The zero-order valence-electron chi connectivity index (χ0n) is 17.9. The van der Waals surface area contributed by atoms with E-state index >= 15 is 0 Å². The van der Waals surface area contributed by atoms with Crippen LogP contribution in [0.25, 0.3) is 11.1 Å². The third-order valence-electron chi connectivity index (χ3n) is 7.16. The molecule has 2 saturated heterocycles. The lowest BCUT2D eigenvalue weighted by Crippen LogP contribution is -2.49. The molecule has 2 aromatic rings. The summed E-state index contributed by atoms with van der Waals surface area (Å²) in [6, 6.07) is 15.1. The van der Waals surface area contributed by atoms with E-state index in [2.05, 4.69) is 29.6 Å². The van der Waals surface area contributed by atoms with Gasteiger partial charge in [0, 0.05) is 18.0 Å². The minimum absolute atomic E-state index is 0.0510. The van der Waals surface area contributed by atoms with Crippen LogP contribution in [0.1, 0.15) is 43.2 Å². The predicted molar refractivity (Wildman–Crippen MR) is 117 cm³/mol. The average molecular weight is 434 g/mol. The molecule has 7 heteroatoms. The second kappa shape index (κ2) is 7.97. The number of aliphatic carboxylic acids is 1. The number of hydrogen-bond donors (Lipinski definition) is 2. The van der Waals surface area contributed by atoms with Gasteiger partial charge in [0.1, 0.15) is 12.6 Å². The SMILES string of the molecule is C[C@H](NC(=O)OCC1c2ccccc2-c2ccccc21)C(=O)N1C2CCC1C(C(=O)O)C2. The van der Waals surface area contributed by atoms with E-state index in [0.29, 0.717) is 12.8 Å². The quantitative estimate of drug-likeness (QED) is 0.752. The molecule has 3 aliphatic rings. The Hall–Kier alpha value is -3.35. The molecule has 2 amide bonds. The Bertz CT molecular complexity index is 1040. The minimum Gasteiger partial charge on any atom is -0.481 e. The van der Waals surface area contributed by atoms with Crippen LogP contribution in [0, 0.1) is 5.92 Å². The molecule has 2 fully saturated rings.